The Morgan fingerprint density at radius 1 is 1.20 bits per heavy atom. The molecule has 0 saturated carbocycles. The van der Waals surface area contributed by atoms with Crippen molar-refractivity contribution in [2.24, 2.45) is 10.1 Å². The molecule has 0 spiro atoms. The average Bonchev–Trinajstić information content (AvgIpc) is 3.03. The third kappa shape index (κ3) is 5.17. The zero-order valence-electron chi connectivity index (χ0n) is 16.2. The Morgan fingerprint density at radius 2 is 1.90 bits per heavy atom. The molecule has 0 aliphatic carbocycles. The van der Waals surface area contributed by atoms with Crippen LogP contribution in [0.15, 0.2) is 57.2 Å². The van der Waals surface area contributed by atoms with Gasteiger partial charge < -0.3 is 9.30 Å². The lowest BCUT2D eigenvalue weighted by atomic mass is 10.1. The number of benzene rings is 2. The van der Waals surface area contributed by atoms with Crippen LogP contribution in [0.2, 0.25) is 0 Å². The van der Waals surface area contributed by atoms with Crippen molar-refractivity contribution in [3.05, 3.63) is 52.8 Å². The first-order valence-electron chi connectivity index (χ1n) is 8.65. The minimum Gasteiger partial charge on any atom is -0.468 e. The van der Waals surface area contributed by atoms with Crippen molar-refractivity contribution in [2.75, 3.05) is 13.4 Å². The fourth-order valence-electron chi connectivity index (χ4n) is 2.73. The van der Waals surface area contributed by atoms with Gasteiger partial charge in [0.05, 0.1) is 28.6 Å². The van der Waals surface area contributed by atoms with Crippen LogP contribution in [0.5, 0.6) is 0 Å². The minimum atomic E-state index is -3.89. The third-order valence-electron chi connectivity index (χ3n) is 4.23. The van der Waals surface area contributed by atoms with Gasteiger partial charge >= 0.3 is 5.97 Å². The predicted molar refractivity (Wildman–Crippen MR) is 116 cm³/mol. The lowest BCUT2D eigenvalue weighted by Crippen LogP contribution is -2.22. The number of aromatic nitrogens is 1. The molecule has 1 amide bonds. The first-order chi connectivity index (χ1) is 14.2. The number of nitrogens with zero attached hydrogens (tertiary/aromatic N) is 2. The zero-order valence-corrected chi connectivity index (χ0v) is 18.6. The molecule has 3 rings (SSSR count). The number of methoxy groups -OCH3 is 1. The highest BCUT2D eigenvalue weighted by molar-refractivity contribution is 7.98. The van der Waals surface area contributed by atoms with Gasteiger partial charge in [-0.2, -0.15) is 4.99 Å². The molecule has 0 aliphatic rings. The molecule has 8 nitrogen and oxygen atoms in total. The number of thioether (sulfide) groups is 1. The number of primary sulfonamides is 1. The first-order valence-corrected chi connectivity index (χ1v) is 12.2. The standard InChI is InChI=1S/C19H19N3O5S3/c1-27-18(24)11-22-15-8-7-14(30(20,25)26)10-16(15)29-19(22)21-17(23)9-12-3-5-13(28-2)6-4-12/h3-8,10H,9,11H2,1-2H3,(H2,20,25,26). The van der Waals surface area contributed by atoms with E-state index >= 15 is 0 Å². The maximum absolute atomic E-state index is 12.5. The van der Waals surface area contributed by atoms with E-state index in [2.05, 4.69) is 4.99 Å². The quantitative estimate of drug-likeness (QED) is 0.439. The Balaban J connectivity index is 2.03. The molecule has 0 unspecified atom stereocenters. The number of hydrogen-bond acceptors (Lipinski definition) is 7. The van der Waals surface area contributed by atoms with Crippen LogP contribution in [0.4, 0.5) is 0 Å². The highest BCUT2D eigenvalue weighted by Gasteiger charge is 2.15. The summed E-state index contributed by atoms with van der Waals surface area (Å²) in [4.78, 5) is 29.9. The number of fused-ring (bicyclic) bond motifs is 1. The van der Waals surface area contributed by atoms with Crippen molar-refractivity contribution in [1.29, 1.82) is 0 Å². The lowest BCUT2D eigenvalue weighted by molar-refractivity contribution is -0.141. The fourth-order valence-corrected chi connectivity index (χ4v) is 4.84. The highest BCUT2D eigenvalue weighted by atomic mass is 32.2. The fraction of sp³-hybridized carbons (Fsp3) is 0.211. The molecule has 0 fully saturated rings. The zero-order chi connectivity index (χ0) is 21.9. The Labute approximate surface area is 181 Å². The summed E-state index contributed by atoms with van der Waals surface area (Å²) in [7, 11) is -2.63. The van der Waals surface area contributed by atoms with Crippen molar-refractivity contribution in [3.8, 4) is 0 Å². The molecule has 0 bridgehead atoms. The van der Waals surface area contributed by atoms with E-state index in [9.17, 15) is 18.0 Å². The van der Waals surface area contributed by atoms with Crippen LogP contribution in [-0.4, -0.2) is 38.2 Å². The number of sulfonamides is 1. The summed E-state index contributed by atoms with van der Waals surface area (Å²) < 4.78 is 30.1. The molecule has 11 heteroatoms. The van der Waals surface area contributed by atoms with Crippen LogP contribution in [-0.2, 0) is 37.3 Å². The Hall–Kier alpha value is -2.47. The van der Waals surface area contributed by atoms with Crippen LogP contribution < -0.4 is 9.94 Å². The van der Waals surface area contributed by atoms with Gasteiger partial charge in [0.2, 0.25) is 10.0 Å². The molecule has 0 atom stereocenters. The number of nitrogens with two attached hydrogens (primary N) is 1. The van der Waals surface area contributed by atoms with Crippen molar-refractivity contribution in [1.82, 2.24) is 4.57 Å². The van der Waals surface area contributed by atoms with Gasteiger partial charge in [-0.1, -0.05) is 23.5 Å². The molecule has 0 saturated heterocycles. The van der Waals surface area contributed by atoms with Gasteiger partial charge in [0.25, 0.3) is 5.91 Å². The number of rotatable bonds is 6. The van der Waals surface area contributed by atoms with Gasteiger partial charge in [0.15, 0.2) is 4.80 Å². The molecule has 2 N–H and O–H groups in total. The molecular formula is C19H19N3O5S3. The summed E-state index contributed by atoms with van der Waals surface area (Å²) in [5, 5.41) is 5.20. The Kier molecular flexibility index (Phi) is 6.76. The monoisotopic (exact) mass is 465 g/mol. The number of carbonyl (C=O) groups excluding carboxylic acids is 2. The van der Waals surface area contributed by atoms with Crippen molar-refractivity contribution >= 4 is 55.2 Å². The maximum atomic E-state index is 12.5. The van der Waals surface area contributed by atoms with Crippen LogP contribution in [0.3, 0.4) is 0 Å². The smallest absolute Gasteiger partial charge is 0.325 e. The van der Waals surface area contributed by atoms with E-state index in [1.807, 2.05) is 30.5 Å². The van der Waals surface area contributed by atoms with Crippen molar-refractivity contribution < 1.29 is 22.7 Å². The third-order valence-corrected chi connectivity index (χ3v) is 6.93. The summed E-state index contributed by atoms with van der Waals surface area (Å²) in [5.41, 5.74) is 1.37. The molecule has 0 radical (unpaired) electrons. The van der Waals surface area contributed by atoms with E-state index in [-0.39, 0.29) is 28.6 Å². The second-order valence-electron chi connectivity index (χ2n) is 6.25. The van der Waals surface area contributed by atoms with Crippen LogP contribution >= 0.6 is 23.1 Å². The van der Waals surface area contributed by atoms with E-state index < -0.39 is 16.0 Å². The topological polar surface area (TPSA) is 121 Å². The molecular weight excluding hydrogens is 446 g/mol. The average molecular weight is 466 g/mol. The first kappa shape index (κ1) is 22.2. The highest BCUT2D eigenvalue weighted by Crippen LogP contribution is 2.21. The largest absolute Gasteiger partial charge is 0.468 e. The molecule has 3 aromatic rings. The van der Waals surface area contributed by atoms with Gasteiger partial charge in [-0.05, 0) is 42.2 Å². The number of thiazole rings is 1. The molecule has 158 valence electrons. The van der Waals surface area contributed by atoms with E-state index in [4.69, 9.17) is 9.88 Å². The molecule has 2 aromatic carbocycles. The summed E-state index contributed by atoms with van der Waals surface area (Å²) in [5.74, 6) is -0.907. The van der Waals surface area contributed by atoms with Crippen LogP contribution in [0.1, 0.15) is 5.56 Å². The molecule has 30 heavy (non-hydrogen) atoms. The van der Waals surface area contributed by atoms with Gasteiger partial charge in [0, 0.05) is 4.90 Å². The van der Waals surface area contributed by atoms with Crippen molar-refractivity contribution in [2.45, 2.75) is 22.8 Å². The van der Waals surface area contributed by atoms with E-state index in [1.165, 1.54) is 29.9 Å². The van der Waals surface area contributed by atoms with Crippen molar-refractivity contribution in [3.63, 3.8) is 0 Å². The number of esters is 1. The van der Waals surface area contributed by atoms with Gasteiger partial charge in [-0.25, -0.2) is 13.6 Å². The minimum absolute atomic E-state index is 0.0618. The number of hydrogen-bond donors (Lipinski definition) is 1. The summed E-state index contributed by atoms with van der Waals surface area (Å²) in [6.45, 7) is -0.167. The lowest BCUT2D eigenvalue weighted by Gasteiger charge is -2.04. The van der Waals surface area contributed by atoms with Gasteiger partial charge in [-0.15, -0.1) is 11.8 Å². The summed E-state index contributed by atoms with van der Waals surface area (Å²) >= 11 is 2.70. The van der Waals surface area contributed by atoms with Gasteiger partial charge in [0.1, 0.15) is 6.54 Å². The van der Waals surface area contributed by atoms with E-state index in [0.717, 1.165) is 21.8 Å². The Bertz CT molecular complexity index is 1270. The van der Waals surface area contributed by atoms with E-state index in [0.29, 0.717) is 10.2 Å². The number of ether oxygens (including phenoxy) is 1. The number of carbonyl (C=O) groups is 2. The van der Waals surface area contributed by atoms with Crippen LogP contribution in [0.25, 0.3) is 10.2 Å². The molecule has 1 aromatic heterocycles. The Morgan fingerprint density at radius 3 is 2.50 bits per heavy atom. The second kappa shape index (κ2) is 9.13. The summed E-state index contributed by atoms with van der Waals surface area (Å²) in [6, 6.07) is 11.9. The van der Waals surface area contributed by atoms with Crippen LogP contribution in [0, 0.1) is 0 Å². The molecule has 0 aliphatic heterocycles. The second-order valence-corrected chi connectivity index (χ2v) is 9.70. The van der Waals surface area contributed by atoms with E-state index in [1.54, 1.807) is 11.8 Å². The normalized spacial score (nSPS) is 12.3. The number of amides is 1. The summed E-state index contributed by atoms with van der Waals surface area (Å²) in [6.07, 6.45) is 2.07. The maximum Gasteiger partial charge on any atom is 0.325 e. The predicted octanol–water partition coefficient (Wildman–Crippen LogP) is 1.92. The van der Waals surface area contributed by atoms with Gasteiger partial charge in [-0.3, -0.25) is 9.59 Å². The SMILES string of the molecule is COC(=O)Cn1c(=NC(=O)Cc2ccc(SC)cc2)sc2cc(S(N)(=O)=O)ccc21. The molecule has 1 heterocycles.